The molecule has 17 nitrogen and oxygen atoms in total. The molecule has 0 spiro atoms. The van der Waals surface area contributed by atoms with E-state index < -0.39 is 97.5 Å². The first-order valence-corrected chi connectivity index (χ1v) is 40.9. The fraction of sp³-hybridized carbons (Fsp3) is 0.945. The fourth-order valence-electron chi connectivity index (χ4n) is 11.0. The topological polar surface area (TPSA) is 237 Å². The number of rotatable bonds is 71. The second kappa shape index (κ2) is 63.8. The van der Waals surface area contributed by atoms with E-state index in [2.05, 4.69) is 48.5 Å². The van der Waals surface area contributed by atoms with Crippen LogP contribution in [0.5, 0.6) is 0 Å². The molecule has 0 aromatic carbocycles. The van der Waals surface area contributed by atoms with E-state index in [0.717, 1.165) is 108 Å². The summed E-state index contributed by atoms with van der Waals surface area (Å²) in [4.78, 5) is 72.5. The van der Waals surface area contributed by atoms with Crippen LogP contribution in [0.2, 0.25) is 0 Å². The van der Waals surface area contributed by atoms with Crippen molar-refractivity contribution in [1.82, 2.24) is 0 Å². The number of phosphoric ester groups is 2. The highest BCUT2D eigenvalue weighted by Gasteiger charge is 2.30. The molecule has 0 saturated heterocycles. The van der Waals surface area contributed by atoms with Crippen LogP contribution in [0, 0.1) is 17.8 Å². The van der Waals surface area contributed by atoms with Crippen LogP contribution in [-0.2, 0) is 65.4 Å². The maximum atomic E-state index is 13.1. The molecule has 0 fully saturated rings. The Balaban J connectivity index is 5.14. The molecule has 546 valence electrons. The summed E-state index contributed by atoms with van der Waals surface area (Å²) in [5.41, 5.74) is 0. The van der Waals surface area contributed by atoms with Crippen LogP contribution in [0.15, 0.2) is 0 Å². The molecule has 0 heterocycles. The standard InChI is InChI=1S/C73H142O17P2/c1-8-10-11-12-13-32-40-47-54-70(75)83-61-69(90-73(78)57-50-43-36-35-38-45-52-65(5)6)63-88-92(81,82)86-59-67(74)58-85-91(79,80)87-62-68(60-84-71(76)55-48-41-33-28-25-24-26-30-37-44-51-64(3)4)89-72(77)56-49-42-34-29-23-21-19-17-15-14-16-18-20-22-27-31-39-46-53-66(7)9-2/h64-69,74H,8-63H2,1-7H3,(H,79,80)(H,81,82)/t66?,67-,68-,69-/m1/s1. The molecule has 0 aromatic heterocycles. The van der Waals surface area contributed by atoms with Gasteiger partial charge in [-0.1, -0.05) is 318 Å². The summed E-state index contributed by atoms with van der Waals surface area (Å²) in [5.74, 6) is 0.169. The van der Waals surface area contributed by atoms with Crippen molar-refractivity contribution in [3.8, 4) is 0 Å². The molecule has 6 atom stereocenters. The van der Waals surface area contributed by atoms with Crippen molar-refractivity contribution < 1.29 is 80.2 Å². The van der Waals surface area contributed by atoms with Gasteiger partial charge in [-0.3, -0.25) is 37.3 Å². The number of carbonyl (C=O) groups excluding carboxylic acids is 4. The van der Waals surface area contributed by atoms with Gasteiger partial charge in [0.1, 0.15) is 19.3 Å². The number of aliphatic hydroxyl groups excluding tert-OH is 1. The van der Waals surface area contributed by atoms with Crippen LogP contribution in [0.25, 0.3) is 0 Å². The Hall–Kier alpha value is -1.94. The van der Waals surface area contributed by atoms with Crippen LogP contribution in [0.1, 0.15) is 370 Å². The first-order valence-electron chi connectivity index (χ1n) is 37.9. The summed E-state index contributed by atoms with van der Waals surface area (Å²) < 4.78 is 68.2. The molecule has 0 aliphatic carbocycles. The van der Waals surface area contributed by atoms with E-state index >= 15 is 0 Å². The highest BCUT2D eigenvalue weighted by Crippen LogP contribution is 2.45. The van der Waals surface area contributed by atoms with Crippen LogP contribution in [0.3, 0.4) is 0 Å². The lowest BCUT2D eigenvalue weighted by Gasteiger charge is -2.21. The lowest BCUT2D eigenvalue weighted by Crippen LogP contribution is -2.30. The third-order valence-electron chi connectivity index (χ3n) is 17.2. The van der Waals surface area contributed by atoms with Crippen LogP contribution in [0.4, 0.5) is 0 Å². The quantitative estimate of drug-likeness (QED) is 0.0222. The number of unbranched alkanes of at least 4 members (excludes halogenated alkanes) is 38. The minimum Gasteiger partial charge on any atom is -0.462 e. The SMILES string of the molecule is CCCCCCCCCCC(=O)OC[C@H](COP(=O)(O)OC[C@H](O)COP(=O)(O)OC[C@@H](COC(=O)CCCCCCCCCCCCC(C)C)OC(=O)CCCCCCCCCCCCCCCCCCCCC(C)CC)OC(=O)CCCCCCCCC(C)C. The molecular formula is C73H142O17P2. The molecule has 3 unspecified atom stereocenters. The van der Waals surface area contributed by atoms with Crippen molar-refractivity contribution >= 4 is 39.5 Å². The highest BCUT2D eigenvalue weighted by molar-refractivity contribution is 7.47. The van der Waals surface area contributed by atoms with E-state index in [1.807, 2.05) is 0 Å². The largest absolute Gasteiger partial charge is 0.472 e. The molecule has 0 radical (unpaired) electrons. The summed E-state index contributed by atoms with van der Waals surface area (Å²) in [6, 6.07) is 0. The highest BCUT2D eigenvalue weighted by atomic mass is 31.2. The maximum Gasteiger partial charge on any atom is 0.472 e. The average Bonchev–Trinajstić information content (AvgIpc) is 2.22. The lowest BCUT2D eigenvalue weighted by molar-refractivity contribution is -0.161. The lowest BCUT2D eigenvalue weighted by atomic mass is 9.99. The molecule has 0 bridgehead atoms. The van der Waals surface area contributed by atoms with Crippen molar-refractivity contribution in [3.05, 3.63) is 0 Å². The van der Waals surface area contributed by atoms with Gasteiger partial charge < -0.3 is 33.8 Å². The second-order valence-corrected chi connectivity index (χ2v) is 30.4. The van der Waals surface area contributed by atoms with Gasteiger partial charge in [0, 0.05) is 25.7 Å². The molecule has 0 saturated carbocycles. The Kier molecular flexibility index (Phi) is 62.4. The van der Waals surface area contributed by atoms with Crippen molar-refractivity contribution in [2.45, 2.75) is 388 Å². The first-order chi connectivity index (χ1) is 44.3. The van der Waals surface area contributed by atoms with Crippen molar-refractivity contribution in [1.29, 1.82) is 0 Å². The smallest absolute Gasteiger partial charge is 0.462 e. The van der Waals surface area contributed by atoms with E-state index in [1.165, 1.54) is 173 Å². The van der Waals surface area contributed by atoms with Gasteiger partial charge in [0.15, 0.2) is 12.2 Å². The monoisotopic (exact) mass is 1350 g/mol. The van der Waals surface area contributed by atoms with Gasteiger partial charge in [-0.05, 0) is 43.4 Å². The van der Waals surface area contributed by atoms with Gasteiger partial charge in [-0.25, -0.2) is 9.13 Å². The van der Waals surface area contributed by atoms with Gasteiger partial charge in [0.05, 0.1) is 26.4 Å². The van der Waals surface area contributed by atoms with Gasteiger partial charge >= 0.3 is 39.5 Å². The van der Waals surface area contributed by atoms with Gasteiger partial charge in [-0.2, -0.15) is 0 Å². The number of carbonyl (C=O) groups is 4. The summed E-state index contributed by atoms with van der Waals surface area (Å²) in [6.07, 6.45) is 48.9. The molecule has 0 aliphatic rings. The molecule has 0 amide bonds. The van der Waals surface area contributed by atoms with Gasteiger partial charge in [-0.15, -0.1) is 0 Å². The van der Waals surface area contributed by atoms with Gasteiger partial charge in [0.25, 0.3) is 0 Å². The normalized spacial score (nSPS) is 14.4. The maximum absolute atomic E-state index is 13.1. The number of ether oxygens (including phenoxy) is 4. The molecule has 92 heavy (non-hydrogen) atoms. The Morgan fingerprint density at radius 3 is 0.826 bits per heavy atom. The average molecular weight is 1350 g/mol. The summed E-state index contributed by atoms with van der Waals surface area (Å²) >= 11 is 0. The van der Waals surface area contributed by atoms with E-state index in [4.69, 9.17) is 37.0 Å². The first kappa shape index (κ1) is 90.1. The van der Waals surface area contributed by atoms with Crippen molar-refractivity contribution in [3.63, 3.8) is 0 Å². The van der Waals surface area contributed by atoms with E-state index in [9.17, 15) is 43.2 Å². The number of hydrogen-bond acceptors (Lipinski definition) is 15. The molecule has 0 aliphatic heterocycles. The van der Waals surface area contributed by atoms with Crippen molar-refractivity contribution in [2.24, 2.45) is 17.8 Å². The van der Waals surface area contributed by atoms with E-state index in [0.29, 0.717) is 31.6 Å². The molecule has 19 heteroatoms. The summed E-state index contributed by atoms with van der Waals surface area (Å²) in [5, 5.41) is 10.6. The second-order valence-electron chi connectivity index (χ2n) is 27.5. The Bertz CT molecular complexity index is 1800. The Labute approximate surface area is 562 Å². The van der Waals surface area contributed by atoms with Crippen LogP contribution in [-0.4, -0.2) is 96.7 Å². The molecule has 3 N–H and O–H groups in total. The van der Waals surface area contributed by atoms with Crippen molar-refractivity contribution in [2.75, 3.05) is 39.6 Å². The number of esters is 4. The van der Waals surface area contributed by atoms with Crippen LogP contribution < -0.4 is 0 Å². The molecular weight excluding hydrogens is 1210 g/mol. The fourth-order valence-corrected chi connectivity index (χ4v) is 12.6. The minimum atomic E-state index is -4.95. The van der Waals surface area contributed by atoms with E-state index in [-0.39, 0.29) is 25.7 Å². The minimum absolute atomic E-state index is 0.102. The zero-order valence-electron chi connectivity index (χ0n) is 60.0. The molecule has 0 aromatic rings. The predicted octanol–water partition coefficient (Wildman–Crippen LogP) is 21.0. The zero-order chi connectivity index (χ0) is 68.0. The Morgan fingerprint density at radius 1 is 0.315 bits per heavy atom. The summed E-state index contributed by atoms with van der Waals surface area (Å²) in [6.45, 7) is 11.8. The van der Waals surface area contributed by atoms with E-state index in [1.54, 1.807) is 0 Å². The zero-order valence-corrected chi connectivity index (χ0v) is 61.8. The van der Waals surface area contributed by atoms with Crippen LogP contribution >= 0.6 is 15.6 Å². The third-order valence-corrected chi connectivity index (χ3v) is 19.1. The number of aliphatic hydroxyl groups is 1. The predicted molar refractivity (Wildman–Crippen MR) is 372 cm³/mol. The third kappa shape index (κ3) is 65.4. The van der Waals surface area contributed by atoms with Gasteiger partial charge in [0.2, 0.25) is 0 Å². The summed E-state index contributed by atoms with van der Waals surface area (Å²) in [7, 11) is -9.90. The number of hydrogen-bond donors (Lipinski definition) is 3. The Morgan fingerprint density at radius 2 is 0.554 bits per heavy atom. The number of phosphoric acid groups is 2. The molecule has 0 rings (SSSR count).